The standard InChI is InChI=1S/C25H22Cl2N4O5/c1-2-35-22-10-6-5-9-20(22)30-24(33)25(34)31-28-14-16-11-12-21(18(27)13-16)36-15-23(32)29-19-8-4-3-7-17(19)26/h3-14H,2,15H2,1H3,(H,29,32)(H,30,33)(H,31,34)/b28-14-. The summed E-state index contributed by atoms with van der Waals surface area (Å²) < 4.78 is 10.9. The maximum absolute atomic E-state index is 12.1. The van der Waals surface area contributed by atoms with Gasteiger partial charge in [-0.1, -0.05) is 47.5 Å². The molecule has 0 aliphatic rings. The molecular formula is C25H22Cl2N4O5. The Hall–Kier alpha value is -4.08. The highest BCUT2D eigenvalue weighted by atomic mass is 35.5. The van der Waals surface area contributed by atoms with Gasteiger partial charge in [-0.2, -0.15) is 5.10 Å². The van der Waals surface area contributed by atoms with Gasteiger partial charge in [-0.15, -0.1) is 0 Å². The van der Waals surface area contributed by atoms with Crippen molar-refractivity contribution in [1.29, 1.82) is 0 Å². The Balaban J connectivity index is 1.50. The third-order valence-electron chi connectivity index (χ3n) is 4.48. The molecule has 0 saturated heterocycles. The molecule has 186 valence electrons. The van der Waals surface area contributed by atoms with E-state index in [1.165, 1.54) is 12.3 Å². The van der Waals surface area contributed by atoms with Gasteiger partial charge < -0.3 is 20.1 Å². The molecule has 9 nitrogen and oxygen atoms in total. The Bertz CT molecular complexity index is 1280. The topological polar surface area (TPSA) is 118 Å². The molecule has 0 aliphatic carbocycles. The van der Waals surface area contributed by atoms with Crippen LogP contribution < -0.4 is 25.5 Å². The summed E-state index contributed by atoms with van der Waals surface area (Å²) in [6, 6.07) is 18.3. The molecule has 3 aromatic carbocycles. The average molecular weight is 529 g/mol. The first-order valence-electron chi connectivity index (χ1n) is 10.7. The summed E-state index contributed by atoms with van der Waals surface area (Å²) in [5, 5.41) is 9.52. The highest BCUT2D eigenvalue weighted by Gasteiger charge is 2.15. The minimum absolute atomic E-state index is 0.223. The van der Waals surface area contributed by atoms with Crippen LogP contribution in [0.2, 0.25) is 10.0 Å². The van der Waals surface area contributed by atoms with Gasteiger partial charge in [0.2, 0.25) is 0 Å². The maximum atomic E-state index is 12.1. The molecule has 0 heterocycles. The van der Waals surface area contributed by atoms with E-state index in [0.29, 0.717) is 34.3 Å². The van der Waals surface area contributed by atoms with Crippen molar-refractivity contribution < 1.29 is 23.9 Å². The summed E-state index contributed by atoms with van der Waals surface area (Å²) in [4.78, 5) is 36.3. The Labute approximate surface area is 217 Å². The molecule has 3 N–H and O–H groups in total. The molecule has 0 fully saturated rings. The van der Waals surface area contributed by atoms with E-state index in [4.69, 9.17) is 32.7 Å². The van der Waals surface area contributed by atoms with Crippen LogP contribution in [-0.4, -0.2) is 37.1 Å². The van der Waals surface area contributed by atoms with E-state index in [9.17, 15) is 14.4 Å². The molecule has 0 aromatic heterocycles. The fraction of sp³-hybridized carbons (Fsp3) is 0.120. The van der Waals surface area contributed by atoms with Gasteiger partial charge in [0.05, 0.1) is 34.2 Å². The van der Waals surface area contributed by atoms with Crippen LogP contribution in [0.15, 0.2) is 71.8 Å². The van der Waals surface area contributed by atoms with Gasteiger partial charge in [0, 0.05) is 0 Å². The lowest BCUT2D eigenvalue weighted by atomic mass is 10.2. The van der Waals surface area contributed by atoms with E-state index < -0.39 is 17.7 Å². The van der Waals surface area contributed by atoms with Gasteiger partial charge in [0.25, 0.3) is 5.91 Å². The molecule has 3 aromatic rings. The van der Waals surface area contributed by atoms with Crippen LogP contribution in [0.1, 0.15) is 12.5 Å². The monoisotopic (exact) mass is 528 g/mol. The van der Waals surface area contributed by atoms with Gasteiger partial charge >= 0.3 is 11.8 Å². The van der Waals surface area contributed by atoms with Crippen molar-refractivity contribution in [2.24, 2.45) is 5.10 Å². The van der Waals surface area contributed by atoms with Crippen LogP contribution in [0.3, 0.4) is 0 Å². The number of nitrogens with zero attached hydrogens (tertiary/aromatic N) is 1. The van der Waals surface area contributed by atoms with E-state index in [2.05, 4.69) is 21.2 Å². The molecular weight excluding hydrogens is 507 g/mol. The van der Waals surface area contributed by atoms with E-state index in [-0.39, 0.29) is 17.4 Å². The molecule has 0 spiro atoms. The largest absolute Gasteiger partial charge is 0.492 e. The van der Waals surface area contributed by atoms with Crippen molar-refractivity contribution in [3.8, 4) is 11.5 Å². The average Bonchev–Trinajstić information content (AvgIpc) is 2.86. The number of ether oxygens (including phenoxy) is 2. The van der Waals surface area contributed by atoms with E-state index in [1.807, 2.05) is 6.92 Å². The molecule has 0 saturated carbocycles. The molecule has 0 atom stereocenters. The molecule has 36 heavy (non-hydrogen) atoms. The lowest BCUT2D eigenvalue weighted by molar-refractivity contribution is -0.136. The molecule has 11 heteroatoms. The number of benzene rings is 3. The van der Waals surface area contributed by atoms with Crippen molar-refractivity contribution in [2.75, 3.05) is 23.8 Å². The molecule has 0 radical (unpaired) electrons. The van der Waals surface area contributed by atoms with E-state index in [0.717, 1.165) is 0 Å². The number of hydrogen-bond donors (Lipinski definition) is 3. The number of nitrogens with one attached hydrogen (secondary N) is 3. The van der Waals surface area contributed by atoms with Crippen LogP contribution in [0, 0.1) is 0 Å². The predicted octanol–water partition coefficient (Wildman–Crippen LogP) is 4.50. The fourth-order valence-corrected chi connectivity index (χ4v) is 3.28. The van der Waals surface area contributed by atoms with Crippen molar-refractivity contribution in [3.05, 3.63) is 82.3 Å². The smallest absolute Gasteiger partial charge is 0.329 e. The number of hydrazone groups is 1. The lowest BCUT2D eigenvalue weighted by Gasteiger charge is -2.10. The SMILES string of the molecule is CCOc1ccccc1NC(=O)C(=O)N/N=C\c1ccc(OCC(=O)Nc2ccccc2Cl)c(Cl)c1. The zero-order valence-corrected chi connectivity index (χ0v) is 20.6. The zero-order valence-electron chi connectivity index (χ0n) is 19.1. The first kappa shape index (κ1) is 26.5. The van der Waals surface area contributed by atoms with Gasteiger partial charge in [-0.05, 0) is 55.0 Å². The Morgan fingerprint density at radius 2 is 1.56 bits per heavy atom. The number of rotatable bonds is 9. The van der Waals surface area contributed by atoms with E-state index >= 15 is 0 Å². The van der Waals surface area contributed by atoms with Crippen molar-refractivity contribution in [3.63, 3.8) is 0 Å². The van der Waals surface area contributed by atoms with Gasteiger partial charge in [0.15, 0.2) is 6.61 Å². The van der Waals surface area contributed by atoms with Gasteiger partial charge in [-0.25, -0.2) is 5.43 Å². The number of anilines is 2. The van der Waals surface area contributed by atoms with Crippen molar-refractivity contribution >= 4 is 58.5 Å². The zero-order chi connectivity index (χ0) is 25.9. The van der Waals surface area contributed by atoms with Gasteiger partial charge in [0.1, 0.15) is 11.5 Å². The first-order valence-corrected chi connectivity index (χ1v) is 11.5. The highest BCUT2D eigenvalue weighted by molar-refractivity contribution is 6.39. The van der Waals surface area contributed by atoms with Crippen LogP contribution in [0.4, 0.5) is 11.4 Å². The number of amides is 3. The Kier molecular flexibility index (Phi) is 9.67. The number of carbonyl (C=O) groups is 3. The minimum atomic E-state index is -0.965. The number of halogens is 2. The van der Waals surface area contributed by atoms with Crippen molar-refractivity contribution in [1.82, 2.24) is 5.43 Å². The molecule has 0 bridgehead atoms. The Morgan fingerprint density at radius 1 is 0.833 bits per heavy atom. The lowest BCUT2D eigenvalue weighted by Crippen LogP contribution is -2.32. The maximum Gasteiger partial charge on any atom is 0.329 e. The molecule has 3 amide bonds. The second-order valence-corrected chi connectivity index (χ2v) is 7.90. The number of hydrogen-bond acceptors (Lipinski definition) is 6. The number of para-hydroxylation sites is 3. The minimum Gasteiger partial charge on any atom is -0.492 e. The first-order chi connectivity index (χ1) is 17.4. The van der Waals surface area contributed by atoms with Gasteiger partial charge in [-0.3, -0.25) is 14.4 Å². The van der Waals surface area contributed by atoms with Crippen LogP contribution >= 0.6 is 23.2 Å². The molecule has 0 unspecified atom stereocenters. The summed E-state index contributed by atoms with van der Waals surface area (Å²) in [5.41, 5.74) is 3.51. The summed E-state index contributed by atoms with van der Waals surface area (Å²) in [6.07, 6.45) is 1.30. The summed E-state index contributed by atoms with van der Waals surface area (Å²) in [5.74, 6) is -1.55. The fourth-order valence-electron chi connectivity index (χ4n) is 2.85. The predicted molar refractivity (Wildman–Crippen MR) is 139 cm³/mol. The molecule has 3 rings (SSSR count). The molecule has 0 aliphatic heterocycles. The van der Waals surface area contributed by atoms with Crippen LogP contribution in [0.25, 0.3) is 0 Å². The number of carbonyl (C=O) groups excluding carboxylic acids is 3. The second-order valence-electron chi connectivity index (χ2n) is 7.09. The summed E-state index contributed by atoms with van der Waals surface area (Å²) in [7, 11) is 0. The third-order valence-corrected chi connectivity index (χ3v) is 5.11. The Morgan fingerprint density at radius 3 is 2.28 bits per heavy atom. The second kappa shape index (κ2) is 13.1. The normalized spacial score (nSPS) is 10.5. The summed E-state index contributed by atoms with van der Waals surface area (Å²) >= 11 is 12.2. The van der Waals surface area contributed by atoms with Crippen LogP contribution in [0.5, 0.6) is 11.5 Å². The summed E-state index contributed by atoms with van der Waals surface area (Å²) in [6.45, 7) is 1.94. The quantitative estimate of drug-likeness (QED) is 0.214. The van der Waals surface area contributed by atoms with Crippen molar-refractivity contribution in [2.45, 2.75) is 6.92 Å². The van der Waals surface area contributed by atoms with Crippen LogP contribution in [-0.2, 0) is 14.4 Å². The van der Waals surface area contributed by atoms with E-state index in [1.54, 1.807) is 60.7 Å². The highest BCUT2D eigenvalue weighted by Crippen LogP contribution is 2.26. The third kappa shape index (κ3) is 7.72.